The van der Waals surface area contributed by atoms with Crippen molar-refractivity contribution < 1.29 is 17.6 Å². The van der Waals surface area contributed by atoms with Crippen LogP contribution in [0.2, 0.25) is 5.02 Å². The normalized spacial score (nSPS) is 11.2. The minimum atomic E-state index is -3.87. The summed E-state index contributed by atoms with van der Waals surface area (Å²) in [5.74, 6) is -0.988. The van der Waals surface area contributed by atoms with E-state index in [0.717, 1.165) is 11.3 Å². The Morgan fingerprint density at radius 3 is 2.56 bits per heavy atom. The average Bonchev–Trinajstić information content (AvgIpc) is 2.95. The molecule has 140 valence electrons. The standard InChI is InChI=1S/C17H13ClFN3O3S2/c1-10-15(16(23)21-13-4-2-3-12(19)9-13)26-17(20-10)22-27(24,25)14-7-5-11(18)6-8-14/h2-9H,1H3,(H,20,22)(H,21,23). The summed E-state index contributed by atoms with van der Waals surface area (Å²) in [6.07, 6.45) is 0. The van der Waals surface area contributed by atoms with Crippen molar-refractivity contribution in [1.82, 2.24) is 4.98 Å². The van der Waals surface area contributed by atoms with Gasteiger partial charge in [0.2, 0.25) is 0 Å². The number of anilines is 2. The van der Waals surface area contributed by atoms with Crippen molar-refractivity contribution >= 4 is 49.7 Å². The van der Waals surface area contributed by atoms with Crippen LogP contribution in [0.1, 0.15) is 15.4 Å². The number of aromatic nitrogens is 1. The number of amides is 1. The molecule has 0 saturated carbocycles. The zero-order valence-corrected chi connectivity index (χ0v) is 16.3. The number of nitrogens with zero attached hydrogens (tertiary/aromatic N) is 1. The maximum Gasteiger partial charge on any atom is 0.267 e. The zero-order valence-electron chi connectivity index (χ0n) is 13.9. The van der Waals surface area contributed by atoms with E-state index in [1.54, 1.807) is 13.0 Å². The predicted octanol–water partition coefficient (Wildman–Crippen LogP) is 4.30. The van der Waals surface area contributed by atoms with Crippen LogP contribution < -0.4 is 10.0 Å². The highest BCUT2D eigenvalue weighted by atomic mass is 35.5. The lowest BCUT2D eigenvalue weighted by Gasteiger charge is -2.05. The quantitative estimate of drug-likeness (QED) is 0.638. The molecule has 0 radical (unpaired) electrons. The SMILES string of the molecule is Cc1nc(NS(=O)(=O)c2ccc(Cl)cc2)sc1C(=O)Nc1cccc(F)c1. The van der Waals surface area contributed by atoms with Gasteiger partial charge in [0.25, 0.3) is 15.9 Å². The molecule has 1 heterocycles. The van der Waals surface area contributed by atoms with Crippen LogP contribution in [-0.4, -0.2) is 19.3 Å². The first-order valence-electron chi connectivity index (χ1n) is 7.57. The van der Waals surface area contributed by atoms with Gasteiger partial charge in [-0.2, -0.15) is 0 Å². The fourth-order valence-electron chi connectivity index (χ4n) is 2.19. The smallest absolute Gasteiger partial charge is 0.267 e. The molecule has 0 bridgehead atoms. The van der Waals surface area contributed by atoms with E-state index in [1.807, 2.05) is 0 Å². The number of carbonyl (C=O) groups is 1. The Bertz CT molecular complexity index is 1100. The van der Waals surface area contributed by atoms with Gasteiger partial charge in [0.05, 0.1) is 10.6 Å². The van der Waals surface area contributed by atoms with Crippen LogP contribution in [0.3, 0.4) is 0 Å². The Balaban J connectivity index is 1.79. The first-order valence-corrected chi connectivity index (χ1v) is 10.2. The highest BCUT2D eigenvalue weighted by molar-refractivity contribution is 7.93. The summed E-state index contributed by atoms with van der Waals surface area (Å²) >= 11 is 6.65. The molecule has 0 unspecified atom stereocenters. The number of benzene rings is 2. The summed E-state index contributed by atoms with van der Waals surface area (Å²) in [4.78, 5) is 16.7. The van der Waals surface area contributed by atoms with E-state index >= 15 is 0 Å². The first-order chi connectivity index (χ1) is 12.7. The van der Waals surface area contributed by atoms with Gasteiger partial charge < -0.3 is 5.32 Å². The molecular formula is C17H13ClFN3O3S2. The van der Waals surface area contributed by atoms with Crippen LogP contribution in [0.25, 0.3) is 0 Å². The number of halogens is 2. The van der Waals surface area contributed by atoms with Crippen LogP contribution in [0, 0.1) is 12.7 Å². The Labute approximate surface area is 164 Å². The third-order valence-corrected chi connectivity index (χ3v) is 6.24. The van der Waals surface area contributed by atoms with E-state index in [4.69, 9.17) is 11.6 Å². The molecule has 0 aliphatic rings. The van der Waals surface area contributed by atoms with E-state index in [0.29, 0.717) is 10.7 Å². The molecule has 1 amide bonds. The van der Waals surface area contributed by atoms with Crippen LogP contribution in [0.4, 0.5) is 15.2 Å². The molecule has 0 fully saturated rings. The summed E-state index contributed by atoms with van der Waals surface area (Å²) in [5.41, 5.74) is 0.638. The Kier molecular flexibility index (Phi) is 5.45. The molecule has 3 aromatic rings. The van der Waals surface area contributed by atoms with E-state index in [9.17, 15) is 17.6 Å². The molecule has 0 saturated heterocycles. The second kappa shape index (κ2) is 7.63. The highest BCUT2D eigenvalue weighted by Gasteiger charge is 2.20. The van der Waals surface area contributed by atoms with Gasteiger partial charge in [0, 0.05) is 10.7 Å². The Hall–Kier alpha value is -2.49. The summed E-state index contributed by atoms with van der Waals surface area (Å²) in [6.45, 7) is 1.58. The van der Waals surface area contributed by atoms with E-state index in [1.165, 1.54) is 42.5 Å². The van der Waals surface area contributed by atoms with Crippen molar-refractivity contribution in [2.24, 2.45) is 0 Å². The number of rotatable bonds is 5. The summed E-state index contributed by atoms with van der Waals surface area (Å²) in [5, 5.41) is 3.01. The second-order valence-electron chi connectivity index (χ2n) is 5.46. The van der Waals surface area contributed by atoms with Crippen LogP contribution in [0.5, 0.6) is 0 Å². The lowest BCUT2D eigenvalue weighted by Crippen LogP contribution is -2.12. The van der Waals surface area contributed by atoms with E-state index in [2.05, 4.69) is 15.0 Å². The lowest BCUT2D eigenvalue weighted by molar-refractivity contribution is 0.103. The van der Waals surface area contributed by atoms with Gasteiger partial charge in [-0.3, -0.25) is 9.52 Å². The molecule has 10 heteroatoms. The fraction of sp³-hybridized carbons (Fsp3) is 0.0588. The molecule has 0 atom stereocenters. The minimum Gasteiger partial charge on any atom is -0.321 e. The summed E-state index contributed by atoms with van der Waals surface area (Å²) < 4.78 is 40.4. The van der Waals surface area contributed by atoms with Gasteiger partial charge in [0.15, 0.2) is 5.13 Å². The van der Waals surface area contributed by atoms with Gasteiger partial charge >= 0.3 is 0 Å². The largest absolute Gasteiger partial charge is 0.321 e. The van der Waals surface area contributed by atoms with Crippen molar-refractivity contribution in [1.29, 1.82) is 0 Å². The molecule has 0 aliphatic heterocycles. The van der Waals surface area contributed by atoms with Crippen molar-refractivity contribution in [2.75, 3.05) is 10.0 Å². The Morgan fingerprint density at radius 1 is 1.19 bits per heavy atom. The van der Waals surface area contributed by atoms with Crippen LogP contribution >= 0.6 is 22.9 Å². The first kappa shape index (κ1) is 19.3. The summed E-state index contributed by atoms with van der Waals surface area (Å²) in [6, 6.07) is 11.1. The van der Waals surface area contributed by atoms with Crippen molar-refractivity contribution in [3.63, 3.8) is 0 Å². The van der Waals surface area contributed by atoms with Crippen molar-refractivity contribution in [3.05, 3.63) is 69.9 Å². The minimum absolute atomic E-state index is 0.0190. The molecule has 6 nitrogen and oxygen atoms in total. The number of carbonyl (C=O) groups excluding carboxylic acids is 1. The molecule has 27 heavy (non-hydrogen) atoms. The number of hydrogen-bond acceptors (Lipinski definition) is 5. The molecule has 0 aliphatic carbocycles. The van der Waals surface area contributed by atoms with Gasteiger partial charge in [0.1, 0.15) is 10.7 Å². The third kappa shape index (κ3) is 4.62. The van der Waals surface area contributed by atoms with Crippen molar-refractivity contribution in [3.8, 4) is 0 Å². The maximum absolute atomic E-state index is 13.2. The fourth-order valence-corrected chi connectivity index (χ4v) is 4.42. The second-order valence-corrected chi connectivity index (χ2v) is 8.58. The molecule has 2 N–H and O–H groups in total. The lowest BCUT2D eigenvalue weighted by atomic mass is 10.3. The topological polar surface area (TPSA) is 88.2 Å². The number of hydrogen-bond donors (Lipinski definition) is 2. The van der Waals surface area contributed by atoms with Crippen LogP contribution in [-0.2, 0) is 10.0 Å². The molecule has 2 aromatic carbocycles. The molecule has 3 rings (SSSR count). The third-order valence-electron chi connectivity index (χ3n) is 3.43. The average molecular weight is 426 g/mol. The van der Waals surface area contributed by atoms with Gasteiger partial charge in [-0.1, -0.05) is 29.0 Å². The molecule has 0 spiro atoms. The van der Waals surface area contributed by atoms with Gasteiger partial charge in [-0.05, 0) is 49.4 Å². The zero-order chi connectivity index (χ0) is 19.6. The molecular weight excluding hydrogens is 413 g/mol. The van der Waals surface area contributed by atoms with Crippen LogP contribution in [0.15, 0.2) is 53.4 Å². The van der Waals surface area contributed by atoms with E-state index in [-0.39, 0.29) is 20.6 Å². The summed E-state index contributed by atoms with van der Waals surface area (Å²) in [7, 11) is -3.87. The number of sulfonamides is 1. The van der Waals surface area contributed by atoms with Gasteiger partial charge in [-0.25, -0.2) is 17.8 Å². The monoisotopic (exact) mass is 425 g/mol. The number of aryl methyl sites for hydroxylation is 1. The molecule has 1 aromatic heterocycles. The predicted molar refractivity (Wildman–Crippen MR) is 103 cm³/mol. The maximum atomic E-state index is 13.2. The highest BCUT2D eigenvalue weighted by Crippen LogP contribution is 2.26. The van der Waals surface area contributed by atoms with Crippen molar-refractivity contribution in [2.45, 2.75) is 11.8 Å². The van der Waals surface area contributed by atoms with Gasteiger partial charge in [-0.15, -0.1) is 0 Å². The van der Waals surface area contributed by atoms with E-state index < -0.39 is 21.7 Å². The number of thiazole rings is 1. The number of nitrogens with one attached hydrogen (secondary N) is 2. The Morgan fingerprint density at radius 2 is 1.89 bits per heavy atom.